The van der Waals surface area contributed by atoms with Gasteiger partial charge in [0.1, 0.15) is 22.7 Å². The van der Waals surface area contributed by atoms with Gasteiger partial charge in [0.15, 0.2) is 0 Å². The molecule has 1 amide bonds. The number of rotatable bonds is 7. The van der Waals surface area contributed by atoms with Gasteiger partial charge in [-0.1, -0.05) is 13.8 Å². The highest BCUT2D eigenvalue weighted by atomic mass is 32.1. The molecule has 0 aliphatic carbocycles. The van der Waals surface area contributed by atoms with E-state index in [-0.39, 0.29) is 30.0 Å². The summed E-state index contributed by atoms with van der Waals surface area (Å²) in [7, 11) is 1.71. The molecule has 0 aromatic carbocycles. The summed E-state index contributed by atoms with van der Waals surface area (Å²) in [5.74, 6) is 0.731. The molecule has 0 spiro atoms. The third-order valence-corrected chi connectivity index (χ3v) is 6.89. The first-order valence-corrected chi connectivity index (χ1v) is 11.8. The monoisotopic (exact) mass is 445 g/mol. The zero-order chi connectivity index (χ0) is 22.1. The summed E-state index contributed by atoms with van der Waals surface area (Å²) < 4.78 is 8.53. The SMILES string of the molecule is COCC(C)N1CCC[C@@H](NC(=O)Cn2nc(C(C)C)n3c(cc4ccsc43)c2=O)C1. The molecule has 3 aromatic rings. The van der Waals surface area contributed by atoms with Crippen molar-refractivity contribution in [1.29, 1.82) is 0 Å². The van der Waals surface area contributed by atoms with Crippen molar-refractivity contribution in [3.8, 4) is 0 Å². The molecule has 1 aliphatic rings. The lowest BCUT2D eigenvalue weighted by Gasteiger charge is -2.36. The molecule has 1 fully saturated rings. The van der Waals surface area contributed by atoms with E-state index in [0.717, 1.165) is 42.0 Å². The molecule has 8 nitrogen and oxygen atoms in total. The van der Waals surface area contributed by atoms with Crippen molar-refractivity contribution in [3.63, 3.8) is 0 Å². The number of ether oxygens (including phenoxy) is 1. The Labute approximate surface area is 185 Å². The Kier molecular flexibility index (Phi) is 6.45. The van der Waals surface area contributed by atoms with Crippen molar-refractivity contribution in [2.45, 2.75) is 58.2 Å². The molecule has 0 radical (unpaired) electrons. The number of thiophene rings is 1. The van der Waals surface area contributed by atoms with E-state index >= 15 is 0 Å². The van der Waals surface area contributed by atoms with Gasteiger partial charge in [0.25, 0.3) is 5.56 Å². The van der Waals surface area contributed by atoms with Gasteiger partial charge in [-0.3, -0.25) is 18.9 Å². The van der Waals surface area contributed by atoms with Gasteiger partial charge in [-0.25, -0.2) is 4.68 Å². The first kappa shape index (κ1) is 22.0. The van der Waals surface area contributed by atoms with Gasteiger partial charge in [0.05, 0.1) is 6.61 Å². The molecule has 168 valence electrons. The first-order chi connectivity index (χ1) is 14.9. The van der Waals surface area contributed by atoms with Crippen LogP contribution < -0.4 is 10.9 Å². The fourth-order valence-corrected chi connectivity index (χ4v) is 5.32. The largest absolute Gasteiger partial charge is 0.383 e. The van der Waals surface area contributed by atoms with Crippen LogP contribution in [0.1, 0.15) is 45.4 Å². The quantitative estimate of drug-likeness (QED) is 0.604. The Balaban J connectivity index is 1.53. The second kappa shape index (κ2) is 9.10. The maximum atomic E-state index is 13.1. The summed E-state index contributed by atoms with van der Waals surface area (Å²) in [5, 5.41) is 10.7. The Bertz CT molecular complexity index is 1130. The van der Waals surface area contributed by atoms with Gasteiger partial charge in [-0.15, -0.1) is 11.3 Å². The minimum Gasteiger partial charge on any atom is -0.383 e. The van der Waals surface area contributed by atoms with E-state index in [9.17, 15) is 9.59 Å². The lowest BCUT2D eigenvalue weighted by Crippen LogP contribution is -2.52. The number of nitrogens with one attached hydrogen (secondary N) is 1. The van der Waals surface area contributed by atoms with Crippen molar-refractivity contribution in [2.75, 3.05) is 26.8 Å². The van der Waals surface area contributed by atoms with Crippen LogP contribution in [0.15, 0.2) is 22.3 Å². The van der Waals surface area contributed by atoms with Gasteiger partial charge in [0.2, 0.25) is 5.91 Å². The van der Waals surface area contributed by atoms with Crippen molar-refractivity contribution < 1.29 is 9.53 Å². The maximum Gasteiger partial charge on any atom is 0.291 e. The Morgan fingerprint density at radius 3 is 2.94 bits per heavy atom. The predicted octanol–water partition coefficient (Wildman–Crippen LogP) is 2.45. The number of hydrogen-bond donors (Lipinski definition) is 1. The number of hydrogen-bond acceptors (Lipinski definition) is 6. The van der Waals surface area contributed by atoms with Gasteiger partial charge in [-0.05, 0) is 43.8 Å². The molecule has 9 heteroatoms. The van der Waals surface area contributed by atoms with Gasteiger partial charge in [0, 0.05) is 37.0 Å². The molecule has 1 N–H and O–H groups in total. The molecule has 0 bridgehead atoms. The number of aromatic nitrogens is 3. The van der Waals surface area contributed by atoms with Crippen LogP contribution >= 0.6 is 11.3 Å². The highest BCUT2D eigenvalue weighted by molar-refractivity contribution is 7.16. The molecule has 2 atom stereocenters. The minimum absolute atomic E-state index is 0.0714. The van der Waals surface area contributed by atoms with Crippen LogP contribution in [0.4, 0.5) is 0 Å². The van der Waals surface area contributed by atoms with E-state index in [0.29, 0.717) is 18.2 Å². The van der Waals surface area contributed by atoms with Crippen molar-refractivity contribution in [1.82, 2.24) is 24.4 Å². The number of nitrogens with zero attached hydrogens (tertiary/aromatic N) is 4. The number of likely N-dealkylation sites (tertiary alicyclic amines) is 1. The Morgan fingerprint density at radius 2 is 2.19 bits per heavy atom. The summed E-state index contributed by atoms with van der Waals surface area (Å²) in [5.41, 5.74) is 0.340. The average molecular weight is 446 g/mol. The zero-order valence-corrected chi connectivity index (χ0v) is 19.4. The predicted molar refractivity (Wildman–Crippen MR) is 123 cm³/mol. The number of methoxy groups -OCH3 is 1. The second-order valence-electron chi connectivity index (χ2n) is 8.73. The lowest BCUT2D eigenvalue weighted by atomic mass is 10.0. The van der Waals surface area contributed by atoms with Crippen molar-refractivity contribution in [2.24, 2.45) is 0 Å². The van der Waals surface area contributed by atoms with E-state index in [1.54, 1.807) is 18.4 Å². The average Bonchev–Trinajstić information content (AvgIpc) is 3.32. The molecule has 1 aliphatic heterocycles. The second-order valence-corrected chi connectivity index (χ2v) is 9.62. The smallest absolute Gasteiger partial charge is 0.291 e. The molecule has 4 heterocycles. The maximum absolute atomic E-state index is 13.1. The van der Waals surface area contributed by atoms with Gasteiger partial charge < -0.3 is 10.1 Å². The van der Waals surface area contributed by atoms with Crippen LogP contribution in [0.3, 0.4) is 0 Å². The zero-order valence-electron chi connectivity index (χ0n) is 18.6. The van der Waals surface area contributed by atoms with E-state index in [1.165, 1.54) is 4.68 Å². The number of fused-ring (bicyclic) bond motifs is 3. The first-order valence-electron chi connectivity index (χ1n) is 10.9. The summed E-state index contributed by atoms with van der Waals surface area (Å²) >= 11 is 1.59. The molecular formula is C22H31N5O3S. The molecule has 0 saturated carbocycles. The number of carbonyl (C=O) groups is 1. The normalized spacial score (nSPS) is 18.8. The van der Waals surface area contributed by atoms with Gasteiger partial charge >= 0.3 is 0 Å². The summed E-state index contributed by atoms with van der Waals surface area (Å²) in [6.45, 7) is 8.65. The molecule has 4 rings (SSSR count). The van der Waals surface area contributed by atoms with E-state index < -0.39 is 0 Å². The van der Waals surface area contributed by atoms with E-state index in [1.807, 2.05) is 35.8 Å². The third kappa shape index (κ3) is 4.40. The number of carbonyl (C=O) groups excluding carboxylic acids is 1. The molecule has 31 heavy (non-hydrogen) atoms. The van der Waals surface area contributed by atoms with E-state index in [2.05, 4.69) is 22.2 Å². The number of piperidine rings is 1. The van der Waals surface area contributed by atoms with E-state index in [4.69, 9.17) is 4.74 Å². The van der Waals surface area contributed by atoms with Crippen LogP contribution in [-0.2, 0) is 16.1 Å². The highest BCUT2D eigenvalue weighted by Gasteiger charge is 2.25. The van der Waals surface area contributed by atoms with Crippen LogP contribution in [0.2, 0.25) is 0 Å². The minimum atomic E-state index is -0.234. The molecular weight excluding hydrogens is 414 g/mol. The van der Waals surface area contributed by atoms with Crippen molar-refractivity contribution in [3.05, 3.63) is 33.7 Å². The van der Waals surface area contributed by atoms with Gasteiger partial charge in [-0.2, -0.15) is 5.10 Å². The topological polar surface area (TPSA) is 80.9 Å². The Morgan fingerprint density at radius 1 is 1.39 bits per heavy atom. The molecule has 3 aromatic heterocycles. The highest BCUT2D eigenvalue weighted by Crippen LogP contribution is 2.26. The molecule has 1 unspecified atom stereocenters. The fraction of sp³-hybridized carbons (Fsp3) is 0.591. The fourth-order valence-electron chi connectivity index (χ4n) is 4.42. The number of amides is 1. The Hall–Kier alpha value is -2.23. The summed E-state index contributed by atoms with van der Waals surface area (Å²) in [6.07, 6.45) is 1.97. The van der Waals surface area contributed by atoms with Crippen molar-refractivity contribution >= 4 is 33.0 Å². The van der Waals surface area contributed by atoms with Crippen LogP contribution in [0.5, 0.6) is 0 Å². The summed E-state index contributed by atoms with van der Waals surface area (Å²) in [6, 6.07) is 4.29. The lowest BCUT2D eigenvalue weighted by molar-refractivity contribution is -0.123. The molecule has 1 saturated heterocycles. The van der Waals surface area contributed by atoms with Crippen LogP contribution in [0, 0.1) is 0 Å². The van der Waals surface area contributed by atoms with Crippen LogP contribution in [0.25, 0.3) is 15.7 Å². The summed E-state index contributed by atoms with van der Waals surface area (Å²) in [4.78, 5) is 29.3. The standard InChI is InChI=1S/C22H31N5O3S/c1-14(2)20-24-26(21(29)18-10-16-7-9-31-22(16)27(18)20)12-19(28)23-17-6-5-8-25(11-17)15(3)13-30-4/h7,9-10,14-15,17H,5-6,8,11-13H2,1-4H3,(H,23,28)/t15?,17-/m1/s1. The third-order valence-electron chi connectivity index (χ3n) is 5.98. The van der Waals surface area contributed by atoms with Crippen LogP contribution in [-0.4, -0.2) is 63.9 Å².